The van der Waals surface area contributed by atoms with E-state index in [9.17, 15) is 19.2 Å². The number of fused-ring (bicyclic) bond motifs is 9. The molecule has 1 aliphatic rings. The van der Waals surface area contributed by atoms with Crippen molar-refractivity contribution in [2.75, 3.05) is 17.7 Å². The highest BCUT2D eigenvalue weighted by Gasteiger charge is 2.37. The summed E-state index contributed by atoms with van der Waals surface area (Å²) in [5, 5.41) is 15.2. The maximum atomic E-state index is 14.4. The van der Waals surface area contributed by atoms with E-state index in [1.165, 1.54) is 36.2 Å². The number of nitrogens with one attached hydrogen (secondary N) is 2. The first-order valence-corrected chi connectivity index (χ1v) is 16.3. The normalized spacial score (nSPS) is 13.9. The Hall–Kier alpha value is -6.92. The van der Waals surface area contributed by atoms with E-state index >= 15 is 0 Å². The van der Waals surface area contributed by atoms with Gasteiger partial charge in [-0.3, -0.25) is 39.1 Å². The number of hydrogen-bond acceptors (Lipinski definition) is 10. The number of anilines is 2. The summed E-state index contributed by atoms with van der Waals surface area (Å²) in [5.41, 5.74) is 14.0. The molecule has 0 aliphatic carbocycles. The lowest BCUT2D eigenvalue weighted by atomic mass is 10.1. The van der Waals surface area contributed by atoms with Gasteiger partial charge in [0, 0.05) is 43.4 Å². The van der Waals surface area contributed by atoms with Crippen molar-refractivity contribution in [2.24, 2.45) is 11.5 Å². The molecule has 0 radical (unpaired) electrons. The molecule has 0 spiro atoms. The van der Waals surface area contributed by atoms with E-state index in [0.717, 1.165) is 0 Å². The van der Waals surface area contributed by atoms with Crippen LogP contribution in [0.4, 0.5) is 11.9 Å². The van der Waals surface area contributed by atoms with Gasteiger partial charge in [0.2, 0.25) is 23.7 Å². The first-order valence-electron chi connectivity index (χ1n) is 16.3. The predicted molar refractivity (Wildman–Crippen MR) is 186 cm³/mol. The van der Waals surface area contributed by atoms with Crippen LogP contribution in [-0.4, -0.2) is 74.4 Å². The van der Waals surface area contributed by atoms with Gasteiger partial charge in [-0.25, -0.2) is 15.0 Å². The quantitative estimate of drug-likeness (QED) is 0.148. The number of nitrogens with two attached hydrogens (primary N) is 2. The fourth-order valence-electron chi connectivity index (χ4n) is 6.43. The Morgan fingerprint density at radius 3 is 2.17 bits per heavy atom. The molecule has 1 aliphatic heterocycles. The lowest BCUT2D eigenvalue weighted by Crippen LogP contribution is -2.44. The molecule has 7 rings (SSSR count). The third-order valence-corrected chi connectivity index (χ3v) is 8.76. The van der Waals surface area contributed by atoms with Crippen LogP contribution in [-0.2, 0) is 26.2 Å². The number of allylic oxidation sites excluding steroid dienone is 2. The first-order chi connectivity index (χ1) is 24.9. The summed E-state index contributed by atoms with van der Waals surface area (Å²) in [6.45, 7) is 8.17. The fourth-order valence-corrected chi connectivity index (χ4v) is 6.43. The minimum Gasteiger partial charge on any atom is -0.494 e. The summed E-state index contributed by atoms with van der Waals surface area (Å²) < 4.78 is 13.7. The topological polar surface area (TPSA) is 242 Å². The number of carbonyl (C=O) groups is 4. The van der Waals surface area contributed by atoms with Gasteiger partial charge in [-0.1, -0.05) is 12.2 Å². The molecule has 19 heteroatoms. The van der Waals surface area contributed by atoms with E-state index in [2.05, 4.69) is 30.8 Å². The standard InChI is InChI=1S/C33H34N14O5/c1-6-45-25-23(16(3)41-45)47-17(4)42-46(7-2)31(47)30(51)40-33-38-21-13-19(27(35)49)15-36-28(21)44(33)11-9-8-10-43-24-20(37-32(43)39-29(25)50)12-18(26(34)48)14-22(24)52-5/h8-9,12-15H,6-7,10-11H2,1-5H3,(H5-,34,35,37,38,39,40,48,49,50,51)/p+1/b9-8+. The van der Waals surface area contributed by atoms with Gasteiger partial charge >= 0.3 is 11.7 Å². The largest absolute Gasteiger partial charge is 0.494 e. The lowest BCUT2D eigenvalue weighted by Gasteiger charge is -2.13. The van der Waals surface area contributed by atoms with Gasteiger partial charge in [0.15, 0.2) is 17.0 Å². The van der Waals surface area contributed by atoms with E-state index in [1.54, 1.807) is 32.2 Å². The van der Waals surface area contributed by atoms with Crippen LogP contribution in [0.2, 0.25) is 0 Å². The Kier molecular flexibility index (Phi) is 8.24. The summed E-state index contributed by atoms with van der Waals surface area (Å²) in [6, 6.07) is 4.55. The van der Waals surface area contributed by atoms with E-state index in [4.69, 9.17) is 21.2 Å². The van der Waals surface area contributed by atoms with E-state index in [1.807, 2.05) is 26.0 Å². The van der Waals surface area contributed by atoms with Crippen LogP contribution < -0.4 is 31.4 Å². The van der Waals surface area contributed by atoms with Crippen molar-refractivity contribution in [1.29, 1.82) is 0 Å². The molecule has 52 heavy (non-hydrogen) atoms. The molecule has 0 unspecified atom stereocenters. The highest BCUT2D eigenvalue weighted by molar-refractivity contribution is 6.06. The zero-order valence-corrected chi connectivity index (χ0v) is 29.0. The summed E-state index contributed by atoms with van der Waals surface area (Å²) in [5.74, 6) is -1.32. The highest BCUT2D eigenvalue weighted by atomic mass is 16.5. The van der Waals surface area contributed by atoms with Crippen LogP contribution in [0.15, 0.2) is 36.5 Å². The molecule has 4 amide bonds. The number of amides is 4. The van der Waals surface area contributed by atoms with Crippen LogP contribution >= 0.6 is 0 Å². The van der Waals surface area contributed by atoms with Crippen LogP contribution in [0.3, 0.4) is 0 Å². The van der Waals surface area contributed by atoms with Gasteiger partial charge < -0.3 is 20.8 Å². The monoisotopic (exact) mass is 707 g/mol. The molecule has 0 fully saturated rings. The van der Waals surface area contributed by atoms with Crippen molar-refractivity contribution >= 4 is 57.7 Å². The Morgan fingerprint density at radius 1 is 0.865 bits per heavy atom. The predicted octanol–water partition coefficient (Wildman–Crippen LogP) is 1.39. The fraction of sp³-hybridized carbons (Fsp3) is 0.273. The molecule has 0 saturated carbocycles. The molecular weight excluding hydrogens is 672 g/mol. The first kappa shape index (κ1) is 33.6. The molecule has 6 heterocycles. The molecule has 19 nitrogen and oxygen atoms in total. The van der Waals surface area contributed by atoms with Crippen molar-refractivity contribution in [1.82, 2.24) is 43.6 Å². The molecule has 6 N–H and O–H groups in total. The van der Waals surface area contributed by atoms with Crippen LogP contribution in [0.25, 0.3) is 27.9 Å². The van der Waals surface area contributed by atoms with E-state index < -0.39 is 23.6 Å². The maximum Gasteiger partial charge on any atom is 0.331 e. The molecule has 1 aromatic carbocycles. The minimum absolute atomic E-state index is 0.107. The van der Waals surface area contributed by atoms with Gasteiger partial charge in [-0.2, -0.15) is 9.67 Å². The molecule has 0 saturated heterocycles. The van der Waals surface area contributed by atoms with Gasteiger partial charge in [-0.05, 0) is 39.0 Å². The van der Waals surface area contributed by atoms with Crippen molar-refractivity contribution in [2.45, 2.75) is 53.9 Å². The Labute approximate surface area is 294 Å². The van der Waals surface area contributed by atoms with Crippen LogP contribution in [0.5, 0.6) is 5.75 Å². The molecular formula is C33H35N14O5+. The highest BCUT2D eigenvalue weighted by Crippen LogP contribution is 2.31. The lowest BCUT2D eigenvalue weighted by molar-refractivity contribution is -0.606. The van der Waals surface area contributed by atoms with E-state index in [-0.39, 0.29) is 47.6 Å². The average molecular weight is 708 g/mol. The number of imidazole rings is 2. The Balaban J connectivity index is 1.50. The zero-order chi connectivity index (χ0) is 37.0. The number of rotatable bonds is 5. The number of primary amides is 2. The number of aromatic nitrogens is 10. The number of hydrogen-bond donors (Lipinski definition) is 4. The third-order valence-electron chi connectivity index (χ3n) is 8.76. The number of nitrogens with zero attached hydrogens (tertiary/aromatic N) is 10. The third kappa shape index (κ3) is 5.38. The average Bonchev–Trinajstić information content (AvgIpc) is 3.84. The van der Waals surface area contributed by atoms with Crippen molar-refractivity contribution < 1.29 is 28.5 Å². The number of methoxy groups -OCH3 is 1. The van der Waals surface area contributed by atoms with Crippen molar-refractivity contribution in [3.8, 4) is 11.4 Å². The minimum atomic E-state index is -0.674. The summed E-state index contributed by atoms with van der Waals surface area (Å²) >= 11 is 0. The second kappa shape index (κ2) is 12.8. The SMILES string of the molecule is CCn1nc(C)c2c1C(=O)Nc1nc3cc(C(N)=O)cc(OC)c3n1C/C=C/Cn1c(nc3cc(C(N)=O)cnc31)NC(=O)c1n(CC)nc(C)[n+]1-2. The Morgan fingerprint density at radius 2 is 1.50 bits per heavy atom. The maximum absolute atomic E-state index is 14.4. The van der Waals surface area contributed by atoms with Crippen molar-refractivity contribution in [3.63, 3.8) is 0 Å². The van der Waals surface area contributed by atoms with Gasteiger partial charge in [0.25, 0.3) is 11.7 Å². The molecule has 0 bridgehead atoms. The molecule has 6 aromatic rings. The number of pyridine rings is 1. The summed E-state index contributed by atoms with van der Waals surface area (Å²) in [6.07, 6.45) is 5.00. The van der Waals surface area contributed by atoms with Crippen LogP contribution in [0.1, 0.15) is 67.2 Å². The van der Waals surface area contributed by atoms with Gasteiger partial charge in [0.05, 0.1) is 23.9 Å². The second-order valence-corrected chi connectivity index (χ2v) is 11.9. The zero-order valence-electron chi connectivity index (χ0n) is 29.0. The molecule has 0 atom stereocenters. The smallest absolute Gasteiger partial charge is 0.331 e. The van der Waals surface area contributed by atoms with E-state index in [0.29, 0.717) is 58.2 Å². The number of aryl methyl sites for hydroxylation is 4. The molecule has 5 aromatic heterocycles. The van der Waals surface area contributed by atoms with Crippen molar-refractivity contribution in [3.05, 3.63) is 70.7 Å². The molecule has 266 valence electrons. The number of benzene rings is 1. The van der Waals surface area contributed by atoms with Crippen LogP contribution in [0, 0.1) is 13.8 Å². The Bertz CT molecular complexity index is 2520. The number of ether oxygens (including phenoxy) is 1. The summed E-state index contributed by atoms with van der Waals surface area (Å²) in [4.78, 5) is 66.7. The summed E-state index contributed by atoms with van der Waals surface area (Å²) in [7, 11) is 1.46. The van der Waals surface area contributed by atoms with Gasteiger partial charge in [0.1, 0.15) is 23.3 Å². The van der Waals surface area contributed by atoms with Gasteiger partial charge in [-0.15, -0.1) is 4.68 Å². The number of carbonyl (C=O) groups excluding carboxylic acids is 4. The second-order valence-electron chi connectivity index (χ2n) is 11.9.